The Morgan fingerprint density at radius 2 is 1.87 bits per heavy atom. The molecule has 0 saturated carbocycles. The molecule has 0 saturated heterocycles. The Morgan fingerprint density at radius 3 is 2.52 bits per heavy atom. The lowest BCUT2D eigenvalue weighted by atomic mass is 10.1. The molecule has 120 valence electrons. The predicted molar refractivity (Wildman–Crippen MR) is 87.7 cm³/mol. The smallest absolute Gasteiger partial charge is 0.338 e. The molecule has 4 nitrogen and oxygen atoms in total. The highest BCUT2D eigenvalue weighted by Gasteiger charge is 2.12. The molecule has 0 aliphatic heterocycles. The topological polar surface area (TPSA) is 55.4 Å². The Kier molecular flexibility index (Phi) is 5.87. The van der Waals surface area contributed by atoms with Gasteiger partial charge in [0.1, 0.15) is 5.82 Å². The van der Waals surface area contributed by atoms with Crippen LogP contribution in [0.5, 0.6) is 0 Å². The number of carbonyl (C=O) groups is 2. The lowest BCUT2D eigenvalue weighted by Gasteiger charge is -2.07. The molecule has 0 aliphatic carbocycles. The van der Waals surface area contributed by atoms with E-state index in [9.17, 15) is 14.0 Å². The summed E-state index contributed by atoms with van der Waals surface area (Å²) in [7, 11) is 0. The summed E-state index contributed by atoms with van der Waals surface area (Å²) in [5, 5.41) is 2.64. The quantitative estimate of drug-likeness (QED) is 0.805. The number of nitrogens with one attached hydrogen (secondary N) is 1. The van der Waals surface area contributed by atoms with Crippen LogP contribution in [0.15, 0.2) is 46.9 Å². The van der Waals surface area contributed by atoms with E-state index >= 15 is 0 Å². The zero-order valence-electron chi connectivity index (χ0n) is 12.4. The van der Waals surface area contributed by atoms with Crippen LogP contribution in [0.4, 0.5) is 4.39 Å². The Morgan fingerprint density at radius 1 is 1.17 bits per heavy atom. The average Bonchev–Trinajstić information content (AvgIpc) is 2.55. The predicted octanol–water partition coefficient (Wildman–Crippen LogP) is 3.69. The number of benzene rings is 2. The summed E-state index contributed by atoms with van der Waals surface area (Å²) < 4.78 is 19.1. The second-order valence-electron chi connectivity index (χ2n) is 4.72. The van der Waals surface area contributed by atoms with E-state index in [2.05, 4.69) is 21.2 Å². The first-order valence-corrected chi connectivity index (χ1v) is 7.80. The van der Waals surface area contributed by atoms with Gasteiger partial charge in [-0.1, -0.05) is 28.1 Å². The van der Waals surface area contributed by atoms with E-state index in [0.717, 1.165) is 5.56 Å². The molecule has 0 fully saturated rings. The zero-order valence-corrected chi connectivity index (χ0v) is 14.0. The average molecular weight is 380 g/mol. The van der Waals surface area contributed by atoms with Gasteiger partial charge in [-0.2, -0.15) is 0 Å². The van der Waals surface area contributed by atoms with Crippen LogP contribution in [0.2, 0.25) is 0 Å². The third-order valence-corrected chi connectivity index (χ3v) is 3.58. The Labute approximate surface area is 141 Å². The van der Waals surface area contributed by atoms with E-state index in [0.29, 0.717) is 16.6 Å². The number of esters is 1. The number of amides is 1. The third-order valence-electron chi connectivity index (χ3n) is 3.09. The molecular formula is C17H15BrFNO3. The van der Waals surface area contributed by atoms with Gasteiger partial charge < -0.3 is 10.1 Å². The van der Waals surface area contributed by atoms with Crippen LogP contribution in [-0.2, 0) is 11.3 Å². The van der Waals surface area contributed by atoms with Gasteiger partial charge in [0.05, 0.1) is 17.7 Å². The minimum Gasteiger partial charge on any atom is -0.462 e. The molecule has 0 atom stereocenters. The summed E-state index contributed by atoms with van der Waals surface area (Å²) in [6.45, 7) is 2.28. The zero-order chi connectivity index (χ0) is 16.8. The van der Waals surface area contributed by atoms with Crippen LogP contribution in [0.3, 0.4) is 0 Å². The molecule has 1 N–H and O–H groups in total. The van der Waals surface area contributed by atoms with Crippen molar-refractivity contribution in [3.63, 3.8) is 0 Å². The number of ether oxygens (including phenoxy) is 1. The molecule has 0 radical (unpaired) electrons. The van der Waals surface area contributed by atoms with Crippen LogP contribution in [0.1, 0.15) is 33.2 Å². The summed E-state index contributed by atoms with van der Waals surface area (Å²) in [5.41, 5.74) is 1.21. The lowest BCUT2D eigenvalue weighted by Crippen LogP contribution is -2.23. The van der Waals surface area contributed by atoms with E-state index in [4.69, 9.17) is 4.74 Å². The van der Waals surface area contributed by atoms with Crippen molar-refractivity contribution in [1.82, 2.24) is 5.32 Å². The molecule has 23 heavy (non-hydrogen) atoms. The van der Waals surface area contributed by atoms with Gasteiger partial charge in [-0.05, 0) is 42.8 Å². The van der Waals surface area contributed by atoms with Crippen molar-refractivity contribution in [3.8, 4) is 0 Å². The molecule has 1 amide bonds. The van der Waals surface area contributed by atoms with Gasteiger partial charge >= 0.3 is 5.97 Å². The van der Waals surface area contributed by atoms with Gasteiger partial charge in [0.15, 0.2) is 0 Å². The van der Waals surface area contributed by atoms with Gasteiger partial charge in [-0.3, -0.25) is 4.79 Å². The fourth-order valence-corrected chi connectivity index (χ4v) is 2.28. The number of hydrogen-bond acceptors (Lipinski definition) is 3. The number of halogens is 2. The van der Waals surface area contributed by atoms with Gasteiger partial charge in [-0.25, -0.2) is 9.18 Å². The van der Waals surface area contributed by atoms with Crippen LogP contribution in [0, 0.1) is 5.82 Å². The molecule has 0 unspecified atom stereocenters. The summed E-state index contributed by atoms with van der Waals surface area (Å²) in [6, 6.07) is 10.9. The minimum absolute atomic E-state index is 0.0254. The van der Waals surface area contributed by atoms with Crippen LogP contribution >= 0.6 is 15.9 Å². The second-order valence-corrected chi connectivity index (χ2v) is 5.64. The molecule has 2 aromatic rings. The fourth-order valence-electron chi connectivity index (χ4n) is 1.92. The molecule has 0 spiro atoms. The first kappa shape index (κ1) is 17.1. The Hall–Kier alpha value is -2.21. The van der Waals surface area contributed by atoms with Crippen LogP contribution < -0.4 is 5.32 Å². The summed E-state index contributed by atoms with van der Waals surface area (Å²) in [5.74, 6) is -1.47. The van der Waals surface area contributed by atoms with Gasteiger partial charge in [0, 0.05) is 11.0 Å². The molecule has 0 aliphatic rings. The van der Waals surface area contributed by atoms with Crippen molar-refractivity contribution in [2.45, 2.75) is 13.5 Å². The largest absolute Gasteiger partial charge is 0.462 e. The third kappa shape index (κ3) is 4.63. The van der Waals surface area contributed by atoms with Gasteiger partial charge in [0.2, 0.25) is 0 Å². The van der Waals surface area contributed by atoms with Gasteiger partial charge in [0.25, 0.3) is 5.91 Å². The summed E-state index contributed by atoms with van der Waals surface area (Å²) in [6.07, 6.45) is 0. The van der Waals surface area contributed by atoms with E-state index in [1.165, 1.54) is 18.2 Å². The van der Waals surface area contributed by atoms with Crippen LogP contribution in [-0.4, -0.2) is 18.5 Å². The summed E-state index contributed by atoms with van der Waals surface area (Å²) in [4.78, 5) is 23.5. The van der Waals surface area contributed by atoms with Crippen molar-refractivity contribution in [2.24, 2.45) is 0 Å². The monoisotopic (exact) mass is 379 g/mol. The highest BCUT2D eigenvalue weighted by atomic mass is 79.9. The van der Waals surface area contributed by atoms with Crippen molar-refractivity contribution >= 4 is 27.8 Å². The standard InChI is InChI=1S/C17H15BrFNO3/c1-2-23-17(22)12-5-3-11(4-6-12)10-20-16(21)14-9-13(18)7-8-15(14)19/h3-9H,2,10H2,1H3,(H,20,21). The Balaban J connectivity index is 1.99. The number of carbonyl (C=O) groups excluding carboxylic acids is 2. The van der Waals surface area contributed by atoms with E-state index in [-0.39, 0.29) is 18.1 Å². The molecule has 2 aromatic carbocycles. The van der Waals surface area contributed by atoms with Crippen molar-refractivity contribution in [2.75, 3.05) is 6.61 Å². The van der Waals surface area contributed by atoms with Crippen molar-refractivity contribution in [3.05, 3.63) is 69.4 Å². The lowest BCUT2D eigenvalue weighted by molar-refractivity contribution is 0.0526. The maximum absolute atomic E-state index is 13.6. The van der Waals surface area contributed by atoms with E-state index in [1.807, 2.05) is 0 Å². The number of hydrogen-bond donors (Lipinski definition) is 1. The molecule has 0 aromatic heterocycles. The summed E-state index contributed by atoms with van der Waals surface area (Å²) >= 11 is 3.20. The van der Waals surface area contributed by atoms with Crippen LogP contribution in [0.25, 0.3) is 0 Å². The van der Waals surface area contributed by atoms with Crippen molar-refractivity contribution in [1.29, 1.82) is 0 Å². The molecule has 6 heteroatoms. The van der Waals surface area contributed by atoms with E-state index < -0.39 is 11.7 Å². The maximum Gasteiger partial charge on any atom is 0.338 e. The minimum atomic E-state index is -0.580. The Bertz CT molecular complexity index is 716. The maximum atomic E-state index is 13.6. The molecule has 2 rings (SSSR count). The molecule has 0 bridgehead atoms. The first-order valence-electron chi connectivity index (χ1n) is 7.00. The van der Waals surface area contributed by atoms with Crippen molar-refractivity contribution < 1.29 is 18.7 Å². The fraction of sp³-hybridized carbons (Fsp3) is 0.176. The molecule has 0 heterocycles. The SMILES string of the molecule is CCOC(=O)c1ccc(CNC(=O)c2cc(Br)ccc2F)cc1. The normalized spacial score (nSPS) is 10.2. The number of rotatable bonds is 5. The molecular weight excluding hydrogens is 365 g/mol. The highest BCUT2D eigenvalue weighted by molar-refractivity contribution is 9.10. The van der Waals surface area contributed by atoms with Gasteiger partial charge in [-0.15, -0.1) is 0 Å². The first-order chi connectivity index (χ1) is 11.0. The van der Waals surface area contributed by atoms with E-state index in [1.54, 1.807) is 31.2 Å². The highest BCUT2D eigenvalue weighted by Crippen LogP contribution is 2.15. The second kappa shape index (κ2) is 7.87.